The van der Waals surface area contributed by atoms with Gasteiger partial charge < -0.3 is 14.4 Å². The molecule has 0 N–H and O–H groups in total. The van der Waals surface area contributed by atoms with E-state index in [0.29, 0.717) is 27.0 Å². The summed E-state index contributed by atoms with van der Waals surface area (Å²) < 4.78 is 67.4. The number of carbonyl (C=O) groups excluding carboxylic acids is 2. The van der Waals surface area contributed by atoms with Crippen LogP contribution in [-0.4, -0.2) is 68.7 Å². The SMILES string of the molecule is COC(=O)c1cc(Br)c2c(c1)N(Cc1ccc(OC)cc1)C(=O)C2(CCOS(C)(=O)=O)COS(C)(=O)=O. The van der Waals surface area contributed by atoms with Gasteiger partial charge >= 0.3 is 5.97 Å². The normalized spacial score (nSPS) is 17.5. The van der Waals surface area contributed by atoms with Gasteiger partial charge in [0.25, 0.3) is 20.2 Å². The number of methoxy groups -OCH3 is 2. The average Bonchev–Trinajstić information content (AvgIpc) is 3.04. The van der Waals surface area contributed by atoms with Crippen molar-refractivity contribution >= 4 is 53.7 Å². The van der Waals surface area contributed by atoms with Crippen LogP contribution in [0.15, 0.2) is 40.9 Å². The van der Waals surface area contributed by atoms with Crippen LogP contribution in [-0.2, 0) is 50.1 Å². The Bertz CT molecular complexity index is 1410. The summed E-state index contributed by atoms with van der Waals surface area (Å²) in [6.07, 6.45) is 1.49. The molecule has 0 radical (unpaired) electrons. The second-order valence-electron chi connectivity index (χ2n) is 8.41. The van der Waals surface area contributed by atoms with Crippen LogP contribution >= 0.6 is 15.9 Å². The van der Waals surface area contributed by atoms with Crippen molar-refractivity contribution in [3.8, 4) is 5.75 Å². The first-order valence-electron chi connectivity index (χ1n) is 10.8. The fraction of sp³-hybridized carbons (Fsp3) is 0.391. The molecule has 11 nitrogen and oxygen atoms in total. The number of esters is 1. The predicted octanol–water partition coefficient (Wildman–Crippen LogP) is 2.37. The maximum Gasteiger partial charge on any atom is 0.337 e. The van der Waals surface area contributed by atoms with Crippen molar-refractivity contribution < 1.29 is 44.3 Å². The van der Waals surface area contributed by atoms with Gasteiger partial charge in [-0.05, 0) is 36.2 Å². The van der Waals surface area contributed by atoms with Crippen LogP contribution in [0.3, 0.4) is 0 Å². The highest BCUT2D eigenvalue weighted by molar-refractivity contribution is 9.10. The van der Waals surface area contributed by atoms with Gasteiger partial charge in [-0.25, -0.2) is 4.79 Å². The molecule has 1 atom stereocenters. The van der Waals surface area contributed by atoms with E-state index in [1.165, 1.54) is 31.3 Å². The van der Waals surface area contributed by atoms with E-state index in [4.69, 9.17) is 17.8 Å². The topological polar surface area (TPSA) is 143 Å². The molecule has 1 amide bonds. The first-order chi connectivity index (χ1) is 17.2. The van der Waals surface area contributed by atoms with E-state index in [-0.39, 0.29) is 18.5 Å². The number of benzene rings is 2. The zero-order valence-corrected chi connectivity index (χ0v) is 23.7. The molecule has 2 aromatic carbocycles. The van der Waals surface area contributed by atoms with E-state index < -0.39 is 50.7 Å². The maximum atomic E-state index is 14.1. The lowest BCUT2D eigenvalue weighted by atomic mass is 9.79. The third kappa shape index (κ3) is 6.68. The second kappa shape index (κ2) is 11.1. The summed E-state index contributed by atoms with van der Waals surface area (Å²) in [6, 6.07) is 9.86. The van der Waals surface area contributed by atoms with Crippen LogP contribution in [0.4, 0.5) is 5.69 Å². The van der Waals surface area contributed by atoms with E-state index in [9.17, 15) is 26.4 Å². The second-order valence-corrected chi connectivity index (χ2v) is 12.5. The van der Waals surface area contributed by atoms with Gasteiger partial charge in [0.05, 0.1) is 57.7 Å². The number of amides is 1. The molecule has 14 heteroatoms. The molecule has 0 aliphatic carbocycles. The van der Waals surface area contributed by atoms with Crippen LogP contribution in [0.1, 0.15) is 27.9 Å². The average molecular weight is 620 g/mol. The molecule has 37 heavy (non-hydrogen) atoms. The highest BCUT2D eigenvalue weighted by Gasteiger charge is 2.53. The number of ether oxygens (including phenoxy) is 2. The minimum Gasteiger partial charge on any atom is -0.497 e. The Morgan fingerprint density at radius 2 is 1.62 bits per heavy atom. The maximum absolute atomic E-state index is 14.1. The fourth-order valence-electron chi connectivity index (χ4n) is 4.07. The number of rotatable bonds is 11. The van der Waals surface area contributed by atoms with Crippen molar-refractivity contribution in [3.63, 3.8) is 0 Å². The lowest BCUT2D eigenvalue weighted by Gasteiger charge is -2.28. The zero-order chi connectivity index (χ0) is 27.6. The molecule has 1 heterocycles. The van der Waals surface area contributed by atoms with Crippen molar-refractivity contribution in [2.24, 2.45) is 0 Å². The molecule has 0 bridgehead atoms. The van der Waals surface area contributed by atoms with E-state index in [1.54, 1.807) is 24.3 Å². The molecule has 1 unspecified atom stereocenters. The summed E-state index contributed by atoms with van der Waals surface area (Å²) in [5, 5.41) is 0. The third-order valence-electron chi connectivity index (χ3n) is 5.76. The first-order valence-corrected chi connectivity index (χ1v) is 15.2. The lowest BCUT2D eigenvalue weighted by Crippen LogP contribution is -2.45. The van der Waals surface area contributed by atoms with Crippen LogP contribution in [0.5, 0.6) is 5.75 Å². The van der Waals surface area contributed by atoms with Crippen molar-refractivity contribution in [2.75, 3.05) is 44.8 Å². The molecule has 0 aromatic heterocycles. The summed E-state index contributed by atoms with van der Waals surface area (Å²) >= 11 is 3.42. The standard InChI is InChI=1S/C23H26BrNO10S2/c1-32-17-7-5-15(6-8-17)13-25-19-12-16(21(26)33-2)11-18(24)20(19)23(22(25)27,14-35-37(4,30)31)9-10-34-36(3,28)29/h5-8,11-12H,9-10,13-14H2,1-4H3. The number of hydrogen-bond donors (Lipinski definition) is 0. The smallest absolute Gasteiger partial charge is 0.337 e. The Morgan fingerprint density at radius 3 is 2.16 bits per heavy atom. The molecule has 1 aliphatic heterocycles. The third-order valence-corrected chi connectivity index (χ3v) is 7.53. The number of hydrogen-bond acceptors (Lipinski definition) is 10. The molecule has 1 aliphatic rings. The largest absolute Gasteiger partial charge is 0.497 e. The van der Waals surface area contributed by atoms with Gasteiger partial charge in [-0.1, -0.05) is 28.1 Å². The quantitative estimate of drug-likeness (QED) is 0.272. The van der Waals surface area contributed by atoms with Crippen molar-refractivity contribution in [3.05, 3.63) is 57.6 Å². The Kier molecular flexibility index (Phi) is 8.69. The van der Waals surface area contributed by atoms with Crippen LogP contribution in [0.25, 0.3) is 0 Å². The molecule has 0 fully saturated rings. The first kappa shape index (κ1) is 29.0. The van der Waals surface area contributed by atoms with E-state index in [2.05, 4.69) is 15.9 Å². The van der Waals surface area contributed by atoms with Gasteiger partial charge in [0.15, 0.2) is 0 Å². The Balaban J connectivity index is 2.18. The number of fused-ring (bicyclic) bond motifs is 1. The van der Waals surface area contributed by atoms with Gasteiger partial charge in [0, 0.05) is 10.0 Å². The van der Waals surface area contributed by atoms with E-state index in [1.807, 2.05) is 0 Å². The number of nitrogens with zero attached hydrogens (tertiary/aromatic N) is 1. The van der Waals surface area contributed by atoms with Crippen molar-refractivity contribution in [2.45, 2.75) is 18.4 Å². The highest BCUT2D eigenvalue weighted by atomic mass is 79.9. The molecular weight excluding hydrogens is 594 g/mol. The fourth-order valence-corrected chi connectivity index (χ4v) is 5.70. The van der Waals surface area contributed by atoms with Crippen molar-refractivity contribution in [1.82, 2.24) is 0 Å². The predicted molar refractivity (Wildman–Crippen MR) is 138 cm³/mol. The molecule has 0 saturated carbocycles. The van der Waals surface area contributed by atoms with Gasteiger partial charge in [-0.3, -0.25) is 13.2 Å². The summed E-state index contributed by atoms with van der Waals surface area (Å²) in [6.45, 7) is -0.973. The monoisotopic (exact) mass is 619 g/mol. The van der Waals surface area contributed by atoms with E-state index in [0.717, 1.165) is 12.5 Å². The molecular formula is C23H26BrNO10S2. The van der Waals surface area contributed by atoms with Crippen LogP contribution in [0.2, 0.25) is 0 Å². The number of anilines is 1. The van der Waals surface area contributed by atoms with Gasteiger partial charge in [-0.15, -0.1) is 0 Å². The summed E-state index contributed by atoms with van der Waals surface area (Å²) in [4.78, 5) is 27.8. The molecule has 202 valence electrons. The Labute approximate surface area is 224 Å². The van der Waals surface area contributed by atoms with Crippen LogP contribution < -0.4 is 9.64 Å². The molecule has 3 rings (SSSR count). The lowest BCUT2D eigenvalue weighted by molar-refractivity contribution is -0.125. The van der Waals surface area contributed by atoms with Crippen molar-refractivity contribution in [1.29, 1.82) is 0 Å². The minimum absolute atomic E-state index is 0.0560. The summed E-state index contributed by atoms with van der Waals surface area (Å²) in [5.74, 6) is -0.589. The number of halogens is 1. The molecule has 0 spiro atoms. The Hall–Kier alpha value is -2.52. The summed E-state index contributed by atoms with van der Waals surface area (Å²) in [5.41, 5.74) is -0.144. The van der Waals surface area contributed by atoms with Gasteiger partial charge in [0.2, 0.25) is 5.91 Å². The van der Waals surface area contributed by atoms with Gasteiger partial charge in [0.1, 0.15) is 11.2 Å². The van der Waals surface area contributed by atoms with E-state index >= 15 is 0 Å². The molecule has 2 aromatic rings. The molecule has 0 saturated heterocycles. The summed E-state index contributed by atoms with van der Waals surface area (Å²) in [7, 11) is -5.09. The number of carbonyl (C=O) groups is 2. The van der Waals surface area contributed by atoms with Crippen LogP contribution in [0, 0.1) is 0 Å². The highest BCUT2D eigenvalue weighted by Crippen LogP contribution is 2.49. The Morgan fingerprint density at radius 1 is 1.00 bits per heavy atom. The minimum atomic E-state index is -3.98. The van der Waals surface area contributed by atoms with Gasteiger partial charge in [-0.2, -0.15) is 16.8 Å². The zero-order valence-electron chi connectivity index (χ0n) is 20.5.